The summed E-state index contributed by atoms with van der Waals surface area (Å²) < 4.78 is 0. The molecule has 0 N–H and O–H groups in total. The molecule has 1 aliphatic rings. The third kappa shape index (κ3) is 3.59. The zero-order chi connectivity index (χ0) is 15.5. The van der Waals surface area contributed by atoms with Crippen LogP contribution in [0.15, 0.2) is 17.5 Å². The van der Waals surface area contributed by atoms with E-state index in [1.807, 2.05) is 20.8 Å². The molecule has 0 bridgehead atoms. The van der Waals surface area contributed by atoms with Crippen molar-refractivity contribution in [3.05, 3.63) is 23.8 Å². The van der Waals surface area contributed by atoms with Gasteiger partial charge in [-0.3, -0.25) is 14.8 Å². The average molecular weight is 309 g/mol. The highest BCUT2D eigenvalue weighted by molar-refractivity contribution is 6.17. The Hall–Kier alpha value is -1.49. The van der Waals surface area contributed by atoms with Crippen molar-refractivity contribution in [2.24, 2.45) is 10.5 Å². The summed E-state index contributed by atoms with van der Waals surface area (Å²) >= 11 is 5.74. The van der Waals surface area contributed by atoms with Crippen LogP contribution in [0.2, 0.25) is 0 Å². The number of nitrogens with zero attached hydrogens (tertiary/aromatic N) is 4. The highest BCUT2D eigenvalue weighted by Crippen LogP contribution is 2.33. The Bertz CT molecular complexity index is 527. The van der Waals surface area contributed by atoms with Gasteiger partial charge in [-0.25, -0.2) is 5.01 Å². The number of aromatic nitrogens is 2. The number of halogens is 1. The van der Waals surface area contributed by atoms with Crippen LogP contribution >= 0.6 is 11.6 Å². The number of hydrogen-bond acceptors (Lipinski definition) is 4. The highest BCUT2D eigenvalue weighted by Gasteiger charge is 2.38. The van der Waals surface area contributed by atoms with Crippen LogP contribution in [-0.4, -0.2) is 33.0 Å². The van der Waals surface area contributed by atoms with E-state index in [1.54, 1.807) is 23.6 Å². The summed E-state index contributed by atoms with van der Waals surface area (Å²) in [6, 6.07) is -0.152. The summed E-state index contributed by atoms with van der Waals surface area (Å²) in [5.74, 6) is 0.570. The molecular weight excluding hydrogens is 288 g/mol. The Morgan fingerprint density at radius 1 is 1.43 bits per heavy atom. The van der Waals surface area contributed by atoms with Gasteiger partial charge in [-0.05, 0) is 19.8 Å². The fraction of sp³-hybridized carbons (Fsp3) is 0.600. The first kappa shape index (κ1) is 15.9. The van der Waals surface area contributed by atoms with E-state index in [9.17, 15) is 4.79 Å². The van der Waals surface area contributed by atoms with Gasteiger partial charge in [0.05, 0.1) is 17.6 Å². The predicted molar refractivity (Wildman–Crippen MR) is 83.2 cm³/mol. The average Bonchev–Trinajstić information content (AvgIpc) is 2.94. The molecule has 0 aromatic carbocycles. The lowest BCUT2D eigenvalue weighted by Gasteiger charge is -2.30. The second-order valence-corrected chi connectivity index (χ2v) is 6.34. The van der Waals surface area contributed by atoms with Crippen LogP contribution < -0.4 is 0 Å². The minimum absolute atomic E-state index is 0.00809. The van der Waals surface area contributed by atoms with Crippen LogP contribution in [0, 0.1) is 12.3 Å². The Morgan fingerprint density at radius 3 is 2.81 bits per heavy atom. The molecule has 0 fully saturated rings. The summed E-state index contributed by atoms with van der Waals surface area (Å²) in [6.45, 7) is 5.77. The molecule has 1 unspecified atom stereocenters. The van der Waals surface area contributed by atoms with E-state index < -0.39 is 5.41 Å². The van der Waals surface area contributed by atoms with Crippen LogP contribution in [0.3, 0.4) is 0 Å². The standard InChI is InChI=1S/C15H21ClN4O/c1-11-9-18-12(10-17-11)13-5-8-19-20(13)14(21)15(2,3)6-4-7-16/h8-10,13H,4-7H2,1-3H3. The maximum atomic E-state index is 12.7. The van der Waals surface area contributed by atoms with E-state index in [4.69, 9.17) is 11.6 Å². The maximum absolute atomic E-state index is 12.7. The van der Waals surface area contributed by atoms with Crippen LogP contribution in [0.25, 0.3) is 0 Å². The zero-order valence-corrected chi connectivity index (χ0v) is 13.5. The Labute approximate surface area is 130 Å². The normalized spacial score (nSPS) is 18.3. The number of carbonyl (C=O) groups excluding carboxylic acids is 1. The Morgan fingerprint density at radius 2 is 2.19 bits per heavy atom. The van der Waals surface area contributed by atoms with Crippen molar-refractivity contribution in [1.82, 2.24) is 15.0 Å². The van der Waals surface area contributed by atoms with E-state index in [2.05, 4.69) is 15.1 Å². The fourth-order valence-electron chi connectivity index (χ4n) is 2.36. The van der Waals surface area contributed by atoms with Crippen LogP contribution in [0.4, 0.5) is 0 Å². The van der Waals surface area contributed by atoms with Crippen molar-refractivity contribution in [2.75, 3.05) is 5.88 Å². The molecule has 1 aromatic rings. The molecule has 114 valence electrons. The van der Waals surface area contributed by atoms with E-state index in [1.165, 1.54) is 0 Å². The molecule has 0 spiro atoms. The Balaban J connectivity index is 2.16. The van der Waals surface area contributed by atoms with Gasteiger partial charge >= 0.3 is 0 Å². The molecule has 0 saturated heterocycles. The van der Waals surface area contributed by atoms with Crippen molar-refractivity contribution in [3.63, 3.8) is 0 Å². The molecule has 1 aromatic heterocycles. The topological polar surface area (TPSA) is 58.5 Å². The molecule has 0 saturated carbocycles. The third-order valence-electron chi connectivity index (χ3n) is 3.69. The third-order valence-corrected chi connectivity index (χ3v) is 3.96. The minimum Gasteiger partial charge on any atom is -0.272 e. The maximum Gasteiger partial charge on any atom is 0.248 e. The molecule has 0 radical (unpaired) electrons. The molecule has 2 heterocycles. The van der Waals surface area contributed by atoms with Crippen molar-refractivity contribution >= 4 is 23.7 Å². The summed E-state index contributed by atoms with van der Waals surface area (Å²) in [5, 5.41) is 5.80. The SMILES string of the molecule is Cc1cnc(C2CC=NN2C(=O)C(C)(C)CCCCl)cn1. The lowest BCUT2D eigenvalue weighted by atomic mass is 9.86. The molecule has 5 nitrogen and oxygen atoms in total. The quantitative estimate of drug-likeness (QED) is 0.785. The molecule has 21 heavy (non-hydrogen) atoms. The van der Waals surface area contributed by atoms with Crippen LogP contribution in [0.5, 0.6) is 0 Å². The van der Waals surface area contributed by atoms with Gasteiger partial charge in [0.15, 0.2) is 0 Å². The first-order valence-corrected chi connectivity index (χ1v) is 7.70. The molecule has 1 amide bonds. The molecule has 1 aliphatic heterocycles. The van der Waals surface area contributed by atoms with E-state index >= 15 is 0 Å². The van der Waals surface area contributed by atoms with Gasteiger partial charge in [0.1, 0.15) is 6.04 Å². The molecule has 0 aliphatic carbocycles. The van der Waals surface area contributed by atoms with E-state index in [-0.39, 0.29) is 11.9 Å². The molecular formula is C15H21ClN4O. The largest absolute Gasteiger partial charge is 0.272 e. The molecule has 6 heteroatoms. The second kappa shape index (κ2) is 6.52. The monoisotopic (exact) mass is 308 g/mol. The number of carbonyl (C=O) groups is 1. The highest BCUT2D eigenvalue weighted by atomic mass is 35.5. The van der Waals surface area contributed by atoms with Gasteiger partial charge in [-0.15, -0.1) is 11.6 Å². The van der Waals surface area contributed by atoms with Gasteiger partial charge < -0.3 is 0 Å². The second-order valence-electron chi connectivity index (χ2n) is 5.96. The first-order chi connectivity index (χ1) is 9.95. The van der Waals surface area contributed by atoms with E-state index in [0.29, 0.717) is 12.3 Å². The number of amides is 1. The smallest absolute Gasteiger partial charge is 0.248 e. The number of hydrazone groups is 1. The zero-order valence-electron chi connectivity index (χ0n) is 12.7. The molecule has 1 atom stereocenters. The van der Waals surface area contributed by atoms with Gasteiger partial charge in [-0.1, -0.05) is 13.8 Å². The van der Waals surface area contributed by atoms with Crippen molar-refractivity contribution in [2.45, 2.75) is 46.1 Å². The Kier molecular flexibility index (Phi) is 4.93. The fourth-order valence-corrected chi connectivity index (χ4v) is 2.49. The van der Waals surface area contributed by atoms with Gasteiger partial charge in [0, 0.05) is 30.1 Å². The summed E-state index contributed by atoms with van der Waals surface area (Å²) in [4.78, 5) is 21.4. The lowest BCUT2D eigenvalue weighted by Crippen LogP contribution is -2.38. The number of alkyl halides is 1. The summed E-state index contributed by atoms with van der Waals surface area (Å²) in [6.07, 6.45) is 7.44. The predicted octanol–water partition coefficient (Wildman–Crippen LogP) is 3.09. The minimum atomic E-state index is -0.479. The van der Waals surface area contributed by atoms with E-state index in [0.717, 1.165) is 24.2 Å². The summed E-state index contributed by atoms with van der Waals surface area (Å²) in [5.41, 5.74) is 1.16. The number of rotatable bonds is 5. The van der Waals surface area contributed by atoms with Gasteiger partial charge in [-0.2, -0.15) is 5.10 Å². The molecule has 2 rings (SSSR count). The van der Waals surface area contributed by atoms with Gasteiger partial charge in [0.25, 0.3) is 0 Å². The van der Waals surface area contributed by atoms with Crippen LogP contribution in [-0.2, 0) is 4.79 Å². The lowest BCUT2D eigenvalue weighted by molar-refractivity contribution is -0.142. The van der Waals surface area contributed by atoms with Crippen molar-refractivity contribution < 1.29 is 4.79 Å². The van der Waals surface area contributed by atoms with Crippen molar-refractivity contribution in [1.29, 1.82) is 0 Å². The van der Waals surface area contributed by atoms with Gasteiger partial charge in [0.2, 0.25) is 5.91 Å². The van der Waals surface area contributed by atoms with Crippen molar-refractivity contribution in [3.8, 4) is 0 Å². The number of aryl methyl sites for hydroxylation is 1. The first-order valence-electron chi connectivity index (χ1n) is 7.16. The number of hydrogen-bond donors (Lipinski definition) is 0. The van der Waals surface area contributed by atoms with Crippen LogP contribution in [0.1, 0.15) is 50.5 Å². The summed E-state index contributed by atoms with van der Waals surface area (Å²) in [7, 11) is 0.